The fraction of sp³-hybridized carbons (Fsp3) is 0.400. The SMILES string of the molecule is CCCNCc1c(Cl)cccc1-n1nc(C)cc1C. The molecule has 1 aromatic carbocycles. The van der Waals surface area contributed by atoms with Gasteiger partial charge in [0.1, 0.15) is 0 Å². The van der Waals surface area contributed by atoms with Crippen LogP contribution >= 0.6 is 11.6 Å². The van der Waals surface area contributed by atoms with E-state index < -0.39 is 0 Å². The molecule has 19 heavy (non-hydrogen) atoms. The van der Waals surface area contributed by atoms with Crippen LogP contribution < -0.4 is 5.32 Å². The fourth-order valence-electron chi connectivity index (χ4n) is 2.18. The summed E-state index contributed by atoms with van der Waals surface area (Å²) in [7, 11) is 0. The first kappa shape index (κ1) is 14.1. The molecule has 2 rings (SSSR count). The first-order valence-electron chi connectivity index (χ1n) is 6.65. The van der Waals surface area contributed by atoms with Gasteiger partial charge in [-0.15, -0.1) is 0 Å². The van der Waals surface area contributed by atoms with E-state index in [0.717, 1.165) is 47.2 Å². The molecular formula is C15H20ClN3. The minimum absolute atomic E-state index is 0.765. The number of aryl methyl sites for hydroxylation is 2. The van der Waals surface area contributed by atoms with Crippen LogP contribution in [0.25, 0.3) is 5.69 Å². The molecule has 0 aliphatic rings. The third-order valence-electron chi connectivity index (χ3n) is 3.06. The Morgan fingerprint density at radius 1 is 1.32 bits per heavy atom. The van der Waals surface area contributed by atoms with E-state index in [1.807, 2.05) is 23.7 Å². The number of benzene rings is 1. The van der Waals surface area contributed by atoms with Crippen molar-refractivity contribution < 1.29 is 0 Å². The van der Waals surface area contributed by atoms with Gasteiger partial charge in [0.2, 0.25) is 0 Å². The smallest absolute Gasteiger partial charge is 0.0708 e. The summed E-state index contributed by atoms with van der Waals surface area (Å²) in [5, 5.41) is 8.73. The minimum atomic E-state index is 0.765. The second kappa shape index (κ2) is 6.22. The Labute approximate surface area is 119 Å². The maximum Gasteiger partial charge on any atom is 0.0708 e. The molecule has 0 saturated carbocycles. The second-order valence-corrected chi connectivity index (χ2v) is 5.16. The Morgan fingerprint density at radius 2 is 2.11 bits per heavy atom. The van der Waals surface area contributed by atoms with Crippen molar-refractivity contribution in [2.75, 3.05) is 6.54 Å². The van der Waals surface area contributed by atoms with Crippen LogP contribution in [0.15, 0.2) is 24.3 Å². The molecule has 0 atom stereocenters. The highest BCUT2D eigenvalue weighted by atomic mass is 35.5. The van der Waals surface area contributed by atoms with Gasteiger partial charge in [0.15, 0.2) is 0 Å². The molecule has 1 aromatic heterocycles. The van der Waals surface area contributed by atoms with E-state index in [-0.39, 0.29) is 0 Å². The molecule has 0 unspecified atom stereocenters. The first-order chi connectivity index (χ1) is 9.13. The van der Waals surface area contributed by atoms with E-state index in [9.17, 15) is 0 Å². The van der Waals surface area contributed by atoms with Gasteiger partial charge in [0.05, 0.1) is 11.4 Å². The zero-order chi connectivity index (χ0) is 13.8. The van der Waals surface area contributed by atoms with Crippen molar-refractivity contribution in [3.63, 3.8) is 0 Å². The zero-order valence-corrected chi connectivity index (χ0v) is 12.5. The van der Waals surface area contributed by atoms with Crippen LogP contribution in [-0.2, 0) is 6.54 Å². The van der Waals surface area contributed by atoms with E-state index in [4.69, 9.17) is 11.6 Å². The molecule has 0 saturated heterocycles. The lowest BCUT2D eigenvalue weighted by Crippen LogP contribution is -2.16. The normalized spacial score (nSPS) is 10.9. The summed E-state index contributed by atoms with van der Waals surface area (Å²) in [4.78, 5) is 0. The Balaban J connectivity index is 2.39. The largest absolute Gasteiger partial charge is 0.313 e. The number of halogens is 1. The molecule has 0 amide bonds. The fourth-order valence-corrected chi connectivity index (χ4v) is 2.42. The Hall–Kier alpha value is -1.32. The van der Waals surface area contributed by atoms with Gasteiger partial charge in [-0.25, -0.2) is 4.68 Å². The van der Waals surface area contributed by atoms with Gasteiger partial charge in [-0.3, -0.25) is 0 Å². The lowest BCUT2D eigenvalue weighted by Gasteiger charge is -2.13. The van der Waals surface area contributed by atoms with Crippen molar-refractivity contribution >= 4 is 11.6 Å². The van der Waals surface area contributed by atoms with Crippen LogP contribution in [0.4, 0.5) is 0 Å². The Bertz CT molecular complexity index is 561. The molecule has 1 N–H and O–H groups in total. The molecule has 0 radical (unpaired) electrons. The maximum absolute atomic E-state index is 6.34. The molecule has 4 heteroatoms. The summed E-state index contributed by atoms with van der Waals surface area (Å²) in [5.41, 5.74) is 4.30. The summed E-state index contributed by atoms with van der Waals surface area (Å²) < 4.78 is 1.96. The van der Waals surface area contributed by atoms with Gasteiger partial charge in [-0.2, -0.15) is 5.10 Å². The van der Waals surface area contributed by atoms with Crippen LogP contribution in [-0.4, -0.2) is 16.3 Å². The molecule has 0 aliphatic carbocycles. The van der Waals surface area contributed by atoms with Crippen LogP contribution in [0.2, 0.25) is 5.02 Å². The third kappa shape index (κ3) is 3.17. The maximum atomic E-state index is 6.34. The highest BCUT2D eigenvalue weighted by Crippen LogP contribution is 2.24. The molecule has 1 heterocycles. The number of rotatable bonds is 5. The van der Waals surface area contributed by atoms with Gasteiger partial charge in [-0.05, 0) is 45.0 Å². The van der Waals surface area contributed by atoms with Crippen LogP contribution in [0.5, 0.6) is 0 Å². The van der Waals surface area contributed by atoms with E-state index in [1.165, 1.54) is 0 Å². The quantitative estimate of drug-likeness (QED) is 0.846. The van der Waals surface area contributed by atoms with Crippen LogP contribution in [0.3, 0.4) is 0 Å². The molecule has 0 fully saturated rings. The van der Waals surface area contributed by atoms with Crippen molar-refractivity contribution in [3.8, 4) is 5.69 Å². The lowest BCUT2D eigenvalue weighted by atomic mass is 10.1. The number of hydrogen-bond acceptors (Lipinski definition) is 2. The zero-order valence-electron chi connectivity index (χ0n) is 11.7. The van der Waals surface area contributed by atoms with Gasteiger partial charge in [0.25, 0.3) is 0 Å². The Morgan fingerprint density at radius 3 is 2.74 bits per heavy atom. The number of nitrogens with one attached hydrogen (secondary N) is 1. The molecule has 0 bridgehead atoms. The van der Waals surface area contributed by atoms with Crippen molar-refractivity contribution in [1.29, 1.82) is 0 Å². The lowest BCUT2D eigenvalue weighted by molar-refractivity contribution is 0.669. The van der Waals surface area contributed by atoms with E-state index >= 15 is 0 Å². The molecule has 102 valence electrons. The standard InChI is InChI=1S/C15H20ClN3/c1-4-8-17-10-13-14(16)6-5-7-15(13)19-12(3)9-11(2)18-19/h5-7,9,17H,4,8,10H2,1-3H3. The molecular weight excluding hydrogens is 258 g/mol. The van der Waals surface area contributed by atoms with E-state index in [0.29, 0.717) is 0 Å². The predicted molar refractivity (Wildman–Crippen MR) is 80.0 cm³/mol. The van der Waals surface area contributed by atoms with Crippen molar-refractivity contribution in [1.82, 2.24) is 15.1 Å². The molecule has 0 aliphatic heterocycles. The summed E-state index contributed by atoms with van der Waals surface area (Å²) in [6.45, 7) is 7.97. The highest BCUT2D eigenvalue weighted by molar-refractivity contribution is 6.31. The summed E-state index contributed by atoms with van der Waals surface area (Å²) in [5.74, 6) is 0. The third-order valence-corrected chi connectivity index (χ3v) is 3.41. The van der Waals surface area contributed by atoms with Gasteiger partial charge in [0, 0.05) is 22.8 Å². The van der Waals surface area contributed by atoms with Gasteiger partial charge in [-0.1, -0.05) is 24.6 Å². The average molecular weight is 278 g/mol. The Kier molecular flexibility index (Phi) is 4.61. The van der Waals surface area contributed by atoms with E-state index in [2.05, 4.69) is 36.4 Å². The number of hydrogen-bond donors (Lipinski definition) is 1. The summed E-state index contributed by atoms with van der Waals surface area (Å²) in [6.07, 6.45) is 1.11. The molecule has 3 nitrogen and oxygen atoms in total. The van der Waals surface area contributed by atoms with E-state index in [1.54, 1.807) is 0 Å². The average Bonchev–Trinajstić information content (AvgIpc) is 2.70. The van der Waals surface area contributed by atoms with Crippen LogP contribution in [0.1, 0.15) is 30.3 Å². The molecule has 0 spiro atoms. The summed E-state index contributed by atoms with van der Waals surface area (Å²) in [6, 6.07) is 8.04. The monoisotopic (exact) mass is 277 g/mol. The van der Waals surface area contributed by atoms with Crippen molar-refractivity contribution in [2.24, 2.45) is 0 Å². The first-order valence-corrected chi connectivity index (χ1v) is 7.03. The van der Waals surface area contributed by atoms with Crippen molar-refractivity contribution in [3.05, 3.63) is 46.2 Å². The van der Waals surface area contributed by atoms with Crippen molar-refractivity contribution in [2.45, 2.75) is 33.7 Å². The second-order valence-electron chi connectivity index (χ2n) is 4.75. The van der Waals surface area contributed by atoms with Crippen LogP contribution in [0, 0.1) is 13.8 Å². The highest BCUT2D eigenvalue weighted by Gasteiger charge is 2.11. The number of aromatic nitrogens is 2. The predicted octanol–water partition coefficient (Wildman–Crippen LogP) is 3.64. The van der Waals surface area contributed by atoms with Gasteiger partial charge < -0.3 is 5.32 Å². The number of nitrogens with zero attached hydrogens (tertiary/aromatic N) is 2. The van der Waals surface area contributed by atoms with Gasteiger partial charge >= 0.3 is 0 Å². The molecule has 2 aromatic rings. The topological polar surface area (TPSA) is 29.9 Å². The summed E-state index contributed by atoms with van der Waals surface area (Å²) >= 11 is 6.34. The minimum Gasteiger partial charge on any atom is -0.313 e.